The third-order valence-electron chi connectivity index (χ3n) is 5.31. The second-order valence-corrected chi connectivity index (χ2v) is 7.98. The van der Waals surface area contributed by atoms with E-state index in [9.17, 15) is 4.79 Å². The van der Waals surface area contributed by atoms with Gasteiger partial charge in [-0.1, -0.05) is 0 Å². The zero-order valence-corrected chi connectivity index (χ0v) is 13.4. The predicted molar refractivity (Wildman–Crippen MR) is 83.1 cm³/mol. The first-order valence-corrected chi connectivity index (χ1v) is 9.00. The summed E-state index contributed by atoms with van der Waals surface area (Å²) in [7, 11) is 0. The van der Waals surface area contributed by atoms with E-state index in [0.717, 1.165) is 44.0 Å². The average molecular weight is 305 g/mol. The van der Waals surface area contributed by atoms with Crippen molar-refractivity contribution in [3.8, 4) is 0 Å². The monoisotopic (exact) mass is 305 g/mol. The second-order valence-electron chi connectivity index (χ2n) is 6.92. The number of likely N-dealkylation sites (tertiary alicyclic amines) is 1. The Kier molecular flexibility index (Phi) is 3.50. The van der Waals surface area contributed by atoms with Gasteiger partial charge in [0.2, 0.25) is 5.91 Å². The number of fused-ring (bicyclic) bond motifs is 4. The summed E-state index contributed by atoms with van der Waals surface area (Å²) in [4.78, 5) is 21.5. The third-order valence-corrected chi connectivity index (χ3v) is 6.13. The topological polar surface area (TPSA) is 36.4 Å². The van der Waals surface area contributed by atoms with Gasteiger partial charge in [0.1, 0.15) is 0 Å². The number of thiazole rings is 1. The average Bonchev–Trinajstić information content (AvgIpc) is 2.85. The van der Waals surface area contributed by atoms with E-state index in [1.54, 1.807) is 11.3 Å². The zero-order chi connectivity index (χ0) is 14.4. The molecule has 4 rings (SSSR count). The molecule has 0 N–H and O–H groups in total. The Morgan fingerprint density at radius 2 is 2.29 bits per heavy atom. The predicted octanol–water partition coefficient (Wildman–Crippen LogP) is 2.28. The molecular weight excluding hydrogens is 282 g/mol. The van der Waals surface area contributed by atoms with Crippen LogP contribution in [0.4, 0.5) is 0 Å². The van der Waals surface area contributed by atoms with E-state index in [-0.39, 0.29) is 0 Å². The highest BCUT2D eigenvalue weighted by molar-refractivity contribution is 7.09. The number of piperidine rings is 3. The van der Waals surface area contributed by atoms with Gasteiger partial charge in [-0.05, 0) is 38.0 Å². The molecule has 3 aliphatic rings. The van der Waals surface area contributed by atoms with E-state index >= 15 is 0 Å². The largest absolute Gasteiger partial charge is 0.339 e. The van der Waals surface area contributed by atoms with Crippen LogP contribution in [0.15, 0.2) is 5.38 Å². The van der Waals surface area contributed by atoms with Crippen LogP contribution in [0.1, 0.15) is 36.4 Å². The number of nitrogens with zero attached hydrogens (tertiary/aromatic N) is 3. The van der Waals surface area contributed by atoms with Crippen LogP contribution in [0.5, 0.6) is 0 Å². The van der Waals surface area contributed by atoms with Crippen LogP contribution in [0.3, 0.4) is 0 Å². The van der Waals surface area contributed by atoms with Crippen molar-refractivity contribution in [3.63, 3.8) is 0 Å². The lowest BCUT2D eigenvalue weighted by Crippen LogP contribution is -2.60. The van der Waals surface area contributed by atoms with E-state index < -0.39 is 0 Å². The minimum absolute atomic E-state index is 0.407. The van der Waals surface area contributed by atoms with Gasteiger partial charge in [0, 0.05) is 44.0 Å². The Bertz CT molecular complexity index is 543. The molecule has 5 heteroatoms. The summed E-state index contributed by atoms with van der Waals surface area (Å²) < 4.78 is 0. The number of rotatable bonds is 2. The number of carbonyl (C=O) groups excluding carboxylic acids is 1. The first-order chi connectivity index (χ1) is 10.2. The molecule has 0 saturated carbocycles. The fraction of sp³-hybridized carbons (Fsp3) is 0.750. The molecule has 0 spiro atoms. The van der Waals surface area contributed by atoms with E-state index in [2.05, 4.69) is 27.1 Å². The van der Waals surface area contributed by atoms with Gasteiger partial charge >= 0.3 is 0 Å². The van der Waals surface area contributed by atoms with Crippen LogP contribution in [0, 0.1) is 18.8 Å². The summed E-state index contributed by atoms with van der Waals surface area (Å²) in [6.45, 7) is 6.32. The first-order valence-electron chi connectivity index (χ1n) is 8.12. The van der Waals surface area contributed by atoms with E-state index in [4.69, 9.17) is 0 Å². The number of hydrogen-bond acceptors (Lipinski definition) is 4. The van der Waals surface area contributed by atoms with Gasteiger partial charge in [-0.25, -0.2) is 4.98 Å². The van der Waals surface area contributed by atoms with Crippen LogP contribution in [-0.2, 0) is 11.3 Å². The molecule has 2 bridgehead atoms. The Morgan fingerprint density at radius 1 is 1.38 bits per heavy atom. The second kappa shape index (κ2) is 5.36. The van der Waals surface area contributed by atoms with Crippen molar-refractivity contribution in [2.75, 3.05) is 19.6 Å². The molecule has 0 aromatic carbocycles. The molecule has 2 unspecified atom stereocenters. The quantitative estimate of drug-likeness (QED) is 0.841. The van der Waals surface area contributed by atoms with Crippen LogP contribution in [-0.4, -0.2) is 46.4 Å². The Balaban J connectivity index is 1.47. The molecule has 1 amide bonds. The van der Waals surface area contributed by atoms with Crippen LogP contribution >= 0.6 is 11.3 Å². The minimum Gasteiger partial charge on any atom is -0.339 e. The van der Waals surface area contributed by atoms with Gasteiger partial charge in [0.15, 0.2) is 0 Å². The summed E-state index contributed by atoms with van der Waals surface area (Å²) >= 11 is 1.74. The molecule has 4 nitrogen and oxygen atoms in total. The maximum absolute atomic E-state index is 12.1. The Morgan fingerprint density at radius 3 is 3.10 bits per heavy atom. The molecule has 3 saturated heterocycles. The van der Waals surface area contributed by atoms with Crippen molar-refractivity contribution in [1.82, 2.24) is 14.8 Å². The molecular formula is C16H23N3OS. The molecule has 4 heterocycles. The molecule has 1 aromatic heterocycles. The minimum atomic E-state index is 0.407. The SMILES string of the molecule is Cc1nc(CN2CC3CC(C2)[C@@H]2CCCC(=O)N2C3)cs1. The van der Waals surface area contributed by atoms with Gasteiger partial charge in [0.05, 0.1) is 10.7 Å². The van der Waals surface area contributed by atoms with Crippen molar-refractivity contribution in [1.29, 1.82) is 0 Å². The van der Waals surface area contributed by atoms with Crippen molar-refractivity contribution in [3.05, 3.63) is 16.1 Å². The number of amides is 1. The summed E-state index contributed by atoms with van der Waals surface area (Å²) in [5, 5.41) is 3.35. The highest BCUT2D eigenvalue weighted by atomic mass is 32.1. The fourth-order valence-corrected chi connectivity index (χ4v) is 5.15. The van der Waals surface area contributed by atoms with Crippen molar-refractivity contribution < 1.29 is 4.79 Å². The zero-order valence-electron chi connectivity index (χ0n) is 12.6. The van der Waals surface area contributed by atoms with E-state index in [1.165, 1.54) is 18.5 Å². The summed E-state index contributed by atoms with van der Waals surface area (Å²) in [5.74, 6) is 1.76. The number of hydrogen-bond donors (Lipinski definition) is 0. The van der Waals surface area contributed by atoms with E-state index in [0.29, 0.717) is 23.8 Å². The van der Waals surface area contributed by atoms with Crippen molar-refractivity contribution in [2.24, 2.45) is 11.8 Å². The normalized spacial score (nSPS) is 33.1. The number of aromatic nitrogens is 1. The molecule has 3 aliphatic heterocycles. The lowest BCUT2D eigenvalue weighted by molar-refractivity contribution is -0.145. The smallest absolute Gasteiger partial charge is 0.222 e. The van der Waals surface area contributed by atoms with Gasteiger partial charge in [-0.15, -0.1) is 11.3 Å². The lowest BCUT2D eigenvalue weighted by Gasteiger charge is -2.52. The highest BCUT2D eigenvalue weighted by Gasteiger charge is 2.43. The number of carbonyl (C=O) groups is 1. The standard InChI is InChI=1S/C16H23N3OS/c1-11-17-14(10-21-11)9-18-6-12-5-13(8-18)15-3-2-4-16(20)19(15)7-12/h10,12-13,15H,2-9H2,1H3/t12?,13?,15-/m0/s1. The van der Waals surface area contributed by atoms with Gasteiger partial charge in [0.25, 0.3) is 0 Å². The molecule has 0 aliphatic carbocycles. The van der Waals surface area contributed by atoms with Crippen LogP contribution in [0.25, 0.3) is 0 Å². The number of aryl methyl sites for hydroxylation is 1. The van der Waals surface area contributed by atoms with Gasteiger partial charge in [-0.3, -0.25) is 9.69 Å². The van der Waals surface area contributed by atoms with Gasteiger partial charge in [-0.2, -0.15) is 0 Å². The van der Waals surface area contributed by atoms with Crippen molar-refractivity contribution >= 4 is 17.2 Å². The maximum atomic E-state index is 12.1. The summed E-state index contributed by atoms with van der Waals surface area (Å²) in [6.07, 6.45) is 4.40. The molecule has 3 fully saturated rings. The van der Waals surface area contributed by atoms with E-state index in [1.807, 2.05) is 0 Å². The Hall–Kier alpha value is -0.940. The molecule has 21 heavy (non-hydrogen) atoms. The summed E-state index contributed by atoms with van der Waals surface area (Å²) in [5.41, 5.74) is 1.22. The summed E-state index contributed by atoms with van der Waals surface area (Å²) in [6, 6.07) is 0.516. The Labute approximate surface area is 130 Å². The lowest BCUT2D eigenvalue weighted by atomic mass is 9.76. The van der Waals surface area contributed by atoms with Crippen molar-refractivity contribution in [2.45, 2.75) is 45.2 Å². The maximum Gasteiger partial charge on any atom is 0.222 e. The fourth-order valence-electron chi connectivity index (χ4n) is 4.55. The molecule has 114 valence electrons. The van der Waals surface area contributed by atoms with Gasteiger partial charge < -0.3 is 4.90 Å². The third kappa shape index (κ3) is 2.61. The first kappa shape index (κ1) is 13.7. The highest BCUT2D eigenvalue weighted by Crippen LogP contribution is 2.38. The molecule has 3 atom stereocenters. The van der Waals surface area contributed by atoms with Crippen LogP contribution < -0.4 is 0 Å². The van der Waals surface area contributed by atoms with Crippen LogP contribution in [0.2, 0.25) is 0 Å². The molecule has 1 aromatic rings. The molecule has 0 radical (unpaired) electrons.